The zero-order chi connectivity index (χ0) is 10.6. The molecule has 3 heteroatoms. The largest absolute Gasteiger partial charge is 0.339 e. The van der Waals surface area contributed by atoms with Crippen LogP contribution in [0.1, 0.15) is 41.5 Å². The fourth-order valence-corrected chi connectivity index (χ4v) is 0.767. The van der Waals surface area contributed by atoms with E-state index in [1.807, 2.05) is 13.8 Å². The zero-order valence-electron chi connectivity index (χ0n) is 9.18. The van der Waals surface area contributed by atoms with Crippen LogP contribution in [0.2, 0.25) is 0 Å². The molecule has 0 N–H and O–H groups in total. The molecule has 0 aliphatic heterocycles. The molecule has 3 nitrogen and oxygen atoms in total. The van der Waals surface area contributed by atoms with Crippen LogP contribution in [0.25, 0.3) is 0 Å². The second-order valence-corrected chi connectivity index (χ2v) is 3.89. The molecule has 0 aliphatic carbocycles. The summed E-state index contributed by atoms with van der Waals surface area (Å²) in [5.74, 6) is -0.672. The summed E-state index contributed by atoms with van der Waals surface area (Å²) in [7, 11) is 1.64. The van der Waals surface area contributed by atoms with E-state index in [4.69, 9.17) is 0 Å². The van der Waals surface area contributed by atoms with Crippen LogP contribution in [0.4, 0.5) is 0 Å². The Morgan fingerprint density at radius 1 is 1.21 bits per heavy atom. The van der Waals surface area contributed by atoms with Gasteiger partial charge in [0.25, 0.3) is 5.91 Å². The van der Waals surface area contributed by atoms with Crippen molar-refractivity contribution in [3.8, 4) is 0 Å². The highest BCUT2D eigenvalue weighted by molar-refractivity contribution is 6.37. The maximum Gasteiger partial charge on any atom is 0.290 e. The number of rotatable bonds is 4. The van der Waals surface area contributed by atoms with Crippen LogP contribution in [0.15, 0.2) is 0 Å². The van der Waals surface area contributed by atoms with E-state index in [0.29, 0.717) is 13.0 Å². The van der Waals surface area contributed by atoms with Crippen molar-refractivity contribution in [1.29, 1.82) is 0 Å². The Labute approximate surface area is 87.5 Å². The first-order chi connectivity index (χ1) is 5.86. The van der Waals surface area contributed by atoms with Gasteiger partial charge < -0.3 is 4.90 Å². The van der Waals surface area contributed by atoms with E-state index in [1.165, 1.54) is 4.90 Å². The summed E-state index contributed by atoms with van der Waals surface area (Å²) in [5, 5.41) is 0. The van der Waals surface area contributed by atoms with Crippen molar-refractivity contribution in [2.75, 3.05) is 13.6 Å². The number of nitrogens with zero attached hydrogens (tertiary/aromatic N) is 1. The molecule has 0 saturated carbocycles. The first-order valence-corrected chi connectivity index (χ1v) is 4.66. The number of hydrogen-bond donors (Lipinski definition) is 0. The van der Waals surface area contributed by atoms with Gasteiger partial charge in [-0.15, -0.1) is 0 Å². The van der Waals surface area contributed by atoms with E-state index in [9.17, 15) is 9.59 Å². The Hall–Kier alpha value is -0.860. The number of ketones is 1. The first kappa shape index (κ1) is 15.6. The summed E-state index contributed by atoms with van der Waals surface area (Å²) in [5.41, 5.74) is -0.527. The minimum Gasteiger partial charge on any atom is -0.339 e. The van der Waals surface area contributed by atoms with E-state index >= 15 is 0 Å². The molecule has 0 spiro atoms. The molecule has 0 radical (unpaired) electrons. The van der Waals surface area contributed by atoms with Gasteiger partial charge in [-0.25, -0.2) is 0 Å². The molecule has 1 amide bonds. The van der Waals surface area contributed by atoms with Crippen LogP contribution in [0, 0.1) is 5.41 Å². The monoisotopic (exact) mass is 201 g/mol. The second-order valence-electron chi connectivity index (χ2n) is 3.89. The van der Waals surface area contributed by atoms with Gasteiger partial charge in [0.2, 0.25) is 5.78 Å². The molecule has 84 valence electrons. The Morgan fingerprint density at radius 3 is 1.93 bits per heavy atom. The van der Waals surface area contributed by atoms with Gasteiger partial charge in [-0.3, -0.25) is 9.59 Å². The van der Waals surface area contributed by atoms with Gasteiger partial charge in [0.15, 0.2) is 0 Å². The van der Waals surface area contributed by atoms with Gasteiger partial charge in [-0.1, -0.05) is 28.2 Å². The Balaban J connectivity index is 0. The van der Waals surface area contributed by atoms with Crippen LogP contribution in [-0.2, 0) is 9.59 Å². The van der Waals surface area contributed by atoms with Crippen LogP contribution in [0.5, 0.6) is 0 Å². The first-order valence-electron chi connectivity index (χ1n) is 4.66. The third-order valence-electron chi connectivity index (χ3n) is 2.51. The van der Waals surface area contributed by atoms with Crippen LogP contribution in [0.3, 0.4) is 0 Å². The van der Waals surface area contributed by atoms with E-state index in [1.54, 1.807) is 20.9 Å². The predicted octanol–water partition coefficient (Wildman–Crippen LogP) is 2.11. The van der Waals surface area contributed by atoms with Gasteiger partial charge in [0, 0.05) is 19.0 Å². The lowest BCUT2D eigenvalue weighted by Crippen LogP contribution is -2.40. The number of carbonyl (C=O) groups excluding carboxylic acids is 2. The summed E-state index contributed by atoms with van der Waals surface area (Å²) in [6.07, 6.45) is 0.690. The quantitative estimate of drug-likeness (QED) is 0.653. The SMILES string of the molecule is C.CCN(C)C(=O)C(=O)C(C)(C)CC. The van der Waals surface area contributed by atoms with Gasteiger partial charge in [-0.2, -0.15) is 0 Å². The van der Waals surface area contributed by atoms with Crippen LogP contribution < -0.4 is 0 Å². The molecule has 14 heavy (non-hydrogen) atoms. The molecule has 0 heterocycles. The average molecular weight is 201 g/mol. The van der Waals surface area contributed by atoms with Crippen LogP contribution >= 0.6 is 0 Å². The smallest absolute Gasteiger partial charge is 0.290 e. The van der Waals surface area contributed by atoms with E-state index in [0.717, 1.165) is 0 Å². The number of Topliss-reactive ketones (excluding diaryl/α,β-unsaturated/α-hetero) is 1. The molecule has 0 atom stereocenters. The van der Waals surface area contributed by atoms with E-state index in [2.05, 4.69) is 0 Å². The van der Waals surface area contributed by atoms with E-state index in [-0.39, 0.29) is 19.1 Å². The minimum absolute atomic E-state index is 0. The third-order valence-corrected chi connectivity index (χ3v) is 2.51. The van der Waals surface area contributed by atoms with Crippen molar-refractivity contribution >= 4 is 11.7 Å². The fraction of sp³-hybridized carbons (Fsp3) is 0.818. The molecule has 0 aliphatic rings. The Bertz CT molecular complexity index is 209. The molecule has 0 rings (SSSR count). The number of amides is 1. The molecule has 0 aromatic rings. The normalized spacial score (nSPS) is 10.4. The summed E-state index contributed by atoms with van der Waals surface area (Å²) in [6, 6.07) is 0. The highest BCUT2D eigenvalue weighted by Crippen LogP contribution is 2.21. The van der Waals surface area contributed by atoms with Crippen molar-refractivity contribution in [1.82, 2.24) is 4.90 Å². The van der Waals surface area contributed by atoms with Gasteiger partial charge in [0.1, 0.15) is 0 Å². The number of likely N-dealkylation sites (N-methyl/N-ethyl adjacent to an activating group) is 1. The number of carbonyl (C=O) groups is 2. The fourth-order valence-electron chi connectivity index (χ4n) is 0.767. The van der Waals surface area contributed by atoms with Gasteiger partial charge in [-0.05, 0) is 13.3 Å². The lowest BCUT2D eigenvalue weighted by atomic mass is 9.85. The van der Waals surface area contributed by atoms with Gasteiger partial charge >= 0.3 is 0 Å². The molecular formula is C11H23NO2. The molecule has 0 bridgehead atoms. The maximum absolute atomic E-state index is 11.6. The second kappa shape index (κ2) is 5.78. The lowest BCUT2D eigenvalue weighted by Gasteiger charge is -2.23. The van der Waals surface area contributed by atoms with Crippen molar-refractivity contribution in [3.05, 3.63) is 0 Å². The van der Waals surface area contributed by atoms with Crippen molar-refractivity contribution < 1.29 is 9.59 Å². The van der Waals surface area contributed by atoms with Gasteiger partial charge in [0.05, 0.1) is 0 Å². The lowest BCUT2D eigenvalue weighted by molar-refractivity contribution is -0.148. The highest BCUT2D eigenvalue weighted by atomic mass is 16.2. The van der Waals surface area contributed by atoms with E-state index < -0.39 is 5.41 Å². The summed E-state index contributed by atoms with van der Waals surface area (Å²) >= 11 is 0. The van der Waals surface area contributed by atoms with Crippen molar-refractivity contribution in [2.45, 2.75) is 41.5 Å². The predicted molar refractivity (Wildman–Crippen MR) is 59.1 cm³/mol. The number of hydrogen-bond acceptors (Lipinski definition) is 2. The standard InChI is InChI=1S/C10H19NO2.CH4/c1-6-10(3,4)8(12)9(13)11(5)7-2;/h6-7H2,1-5H3;1H4. The minimum atomic E-state index is -0.527. The molecule has 0 saturated heterocycles. The summed E-state index contributed by atoms with van der Waals surface area (Å²) in [6.45, 7) is 7.94. The van der Waals surface area contributed by atoms with Crippen molar-refractivity contribution in [2.24, 2.45) is 5.41 Å². The molecule has 0 fully saturated rings. The topological polar surface area (TPSA) is 37.4 Å². The Morgan fingerprint density at radius 2 is 1.64 bits per heavy atom. The average Bonchev–Trinajstić information content (AvgIpc) is 2.14. The van der Waals surface area contributed by atoms with Crippen LogP contribution in [-0.4, -0.2) is 30.2 Å². The summed E-state index contributed by atoms with van der Waals surface area (Å²) in [4.78, 5) is 24.5. The molecule has 0 unspecified atom stereocenters. The maximum atomic E-state index is 11.6. The molecule has 0 aromatic heterocycles. The Kier molecular flexibility index (Phi) is 6.45. The molecule has 0 aromatic carbocycles. The molecular weight excluding hydrogens is 178 g/mol. The third kappa shape index (κ3) is 3.48. The van der Waals surface area contributed by atoms with Crippen molar-refractivity contribution in [3.63, 3.8) is 0 Å². The summed E-state index contributed by atoms with van der Waals surface area (Å²) < 4.78 is 0. The zero-order valence-corrected chi connectivity index (χ0v) is 9.18. The highest BCUT2D eigenvalue weighted by Gasteiger charge is 2.32.